The van der Waals surface area contributed by atoms with Gasteiger partial charge in [0, 0.05) is 29.2 Å². The molecule has 1 amide bonds. The Morgan fingerprint density at radius 3 is 2.60 bits per heavy atom. The third-order valence-electron chi connectivity index (χ3n) is 5.26. The van der Waals surface area contributed by atoms with Crippen LogP contribution in [-0.2, 0) is 17.8 Å². The zero-order valence-electron chi connectivity index (χ0n) is 17.3. The monoisotopic (exact) mass is 395 g/mol. The van der Waals surface area contributed by atoms with E-state index in [1.807, 2.05) is 38.1 Å². The minimum Gasteiger partial charge on any atom is -0.342 e. The minimum absolute atomic E-state index is 0.118. The van der Waals surface area contributed by atoms with E-state index in [0.29, 0.717) is 6.42 Å². The lowest BCUT2D eigenvalue weighted by Gasteiger charge is -2.05. The van der Waals surface area contributed by atoms with Crippen molar-refractivity contribution in [3.8, 4) is 0 Å². The van der Waals surface area contributed by atoms with Gasteiger partial charge in [0.05, 0.1) is 12.6 Å². The lowest BCUT2D eigenvalue weighted by atomic mass is 10.0. The molecule has 150 valence electrons. The van der Waals surface area contributed by atoms with Crippen molar-refractivity contribution in [3.63, 3.8) is 0 Å². The number of fused-ring (bicyclic) bond motifs is 1. The number of aryl methyl sites for hydroxylation is 2. The van der Waals surface area contributed by atoms with Crippen molar-refractivity contribution in [2.24, 2.45) is 5.10 Å². The largest absolute Gasteiger partial charge is 0.342 e. The molecule has 0 fully saturated rings. The number of rotatable bonds is 6. The first-order valence-corrected chi connectivity index (χ1v) is 10.1. The van der Waals surface area contributed by atoms with Crippen LogP contribution in [0.25, 0.3) is 10.9 Å². The molecular weight excluding hydrogens is 370 g/mol. The average Bonchev–Trinajstić information content (AvgIpc) is 3.09. The summed E-state index contributed by atoms with van der Waals surface area (Å²) in [6.07, 6.45) is 4.13. The SMILES string of the molecule is Cc1ccc(C)c(CC(=O)N/N=C\c2cn(Cc3ccccc3)c3ccccc23)c1. The zero-order chi connectivity index (χ0) is 20.9. The van der Waals surface area contributed by atoms with Gasteiger partial charge in [-0.2, -0.15) is 5.10 Å². The molecule has 3 aromatic carbocycles. The Balaban J connectivity index is 1.50. The molecule has 0 bridgehead atoms. The molecule has 1 aromatic heterocycles. The van der Waals surface area contributed by atoms with E-state index in [4.69, 9.17) is 0 Å². The van der Waals surface area contributed by atoms with Gasteiger partial charge in [-0.25, -0.2) is 5.43 Å². The molecule has 30 heavy (non-hydrogen) atoms. The van der Waals surface area contributed by atoms with Crippen LogP contribution in [0.3, 0.4) is 0 Å². The second kappa shape index (κ2) is 8.78. The van der Waals surface area contributed by atoms with Crippen molar-refractivity contribution >= 4 is 23.0 Å². The average molecular weight is 396 g/mol. The van der Waals surface area contributed by atoms with Gasteiger partial charge in [-0.15, -0.1) is 0 Å². The maximum Gasteiger partial charge on any atom is 0.244 e. The summed E-state index contributed by atoms with van der Waals surface area (Å²) in [7, 11) is 0. The summed E-state index contributed by atoms with van der Waals surface area (Å²) in [6.45, 7) is 4.84. The van der Waals surface area contributed by atoms with Gasteiger partial charge in [0.2, 0.25) is 5.91 Å². The number of carbonyl (C=O) groups is 1. The van der Waals surface area contributed by atoms with Gasteiger partial charge in [0.1, 0.15) is 0 Å². The van der Waals surface area contributed by atoms with E-state index in [1.165, 1.54) is 5.56 Å². The summed E-state index contributed by atoms with van der Waals surface area (Å²) in [6, 6.07) is 24.8. The predicted molar refractivity (Wildman–Crippen MR) is 123 cm³/mol. The summed E-state index contributed by atoms with van der Waals surface area (Å²) in [5.74, 6) is -0.118. The maximum atomic E-state index is 12.3. The third kappa shape index (κ3) is 4.49. The van der Waals surface area contributed by atoms with Crippen LogP contribution in [0.4, 0.5) is 0 Å². The second-order valence-electron chi connectivity index (χ2n) is 7.61. The molecule has 0 saturated heterocycles. The highest BCUT2D eigenvalue weighted by Crippen LogP contribution is 2.21. The number of hydrogen-bond donors (Lipinski definition) is 1. The van der Waals surface area contributed by atoms with Crippen LogP contribution in [0.1, 0.15) is 27.8 Å². The third-order valence-corrected chi connectivity index (χ3v) is 5.26. The molecular formula is C26H25N3O. The van der Waals surface area contributed by atoms with Gasteiger partial charge in [0.25, 0.3) is 0 Å². The number of aromatic nitrogens is 1. The number of hydrogen-bond acceptors (Lipinski definition) is 2. The highest BCUT2D eigenvalue weighted by atomic mass is 16.2. The quantitative estimate of drug-likeness (QED) is 0.362. The Kier molecular flexibility index (Phi) is 5.75. The predicted octanol–water partition coefficient (Wildman–Crippen LogP) is 5.00. The molecule has 0 saturated carbocycles. The highest BCUT2D eigenvalue weighted by molar-refractivity contribution is 5.99. The second-order valence-corrected chi connectivity index (χ2v) is 7.61. The Hall–Kier alpha value is -3.66. The Morgan fingerprint density at radius 2 is 1.77 bits per heavy atom. The smallest absolute Gasteiger partial charge is 0.244 e. The number of hydrazone groups is 1. The first-order valence-electron chi connectivity index (χ1n) is 10.1. The van der Waals surface area contributed by atoms with E-state index < -0.39 is 0 Å². The first-order chi connectivity index (χ1) is 14.6. The van der Waals surface area contributed by atoms with Gasteiger partial charge in [0.15, 0.2) is 0 Å². The number of amides is 1. The van der Waals surface area contributed by atoms with Crippen molar-refractivity contribution in [3.05, 3.63) is 107 Å². The van der Waals surface area contributed by atoms with Gasteiger partial charge in [-0.1, -0.05) is 72.3 Å². The lowest BCUT2D eigenvalue weighted by Crippen LogP contribution is -2.20. The minimum atomic E-state index is -0.118. The molecule has 0 radical (unpaired) electrons. The van der Waals surface area contributed by atoms with Crippen molar-refractivity contribution < 1.29 is 4.79 Å². The van der Waals surface area contributed by atoms with E-state index in [0.717, 1.165) is 39.7 Å². The molecule has 0 unspecified atom stereocenters. The van der Waals surface area contributed by atoms with Crippen molar-refractivity contribution in [1.29, 1.82) is 0 Å². The molecule has 1 N–H and O–H groups in total. The van der Waals surface area contributed by atoms with Gasteiger partial charge >= 0.3 is 0 Å². The van der Waals surface area contributed by atoms with Gasteiger partial charge in [-0.05, 0) is 36.6 Å². The van der Waals surface area contributed by atoms with Crippen LogP contribution in [0.15, 0.2) is 84.1 Å². The van der Waals surface area contributed by atoms with Crippen LogP contribution in [0.2, 0.25) is 0 Å². The van der Waals surface area contributed by atoms with E-state index >= 15 is 0 Å². The number of nitrogens with one attached hydrogen (secondary N) is 1. The summed E-state index contributed by atoms with van der Waals surface area (Å²) in [5.41, 5.74) is 9.33. The molecule has 0 aliphatic rings. The van der Waals surface area contributed by atoms with E-state index in [-0.39, 0.29) is 5.91 Å². The van der Waals surface area contributed by atoms with Crippen molar-refractivity contribution in [2.45, 2.75) is 26.8 Å². The molecule has 4 heteroatoms. The standard InChI is InChI=1S/C26H25N3O/c1-19-12-13-20(2)22(14-19)15-26(30)28-27-16-23-18-29(17-21-8-4-3-5-9-21)25-11-7-6-10-24(23)25/h3-14,16,18H,15,17H2,1-2H3,(H,28,30)/b27-16-. The van der Waals surface area contributed by atoms with Crippen LogP contribution < -0.4 is 5.43 Å². The fourth-order valence-electron chi connectivity index (χ4n) is 3.67. The summed E-state index contributed by atoms with van der Waals surface area (Å²) >= 11 is 0. The fraction of sp³-hybridized carbons (Fsp3) is 0.154. The summed E-state index contributed by atoms with van der Waals surface area (Å²) in [4.78, 5) is 12.3. The van der Waals surface area contributed by atoms with Gasteiger partial charge < -0.3 is 4.57 Å². The summed E-state index contributed by atoms with van der Waals surface area (Å²) < 4.78 is 2.21. The molecule has 4 rings (SSSR count). The first kappa shape index (κ1) is 19.6. The molecule has 4 aromatic rings. The maximum absolute atomic E-state index is 12.3. The van der Waals surface area contributed by atoms with E-state index in [1.54, 1.807) is 6.21 Å². The molecule has 4 nitrogen and oxygen atoms in total. The number of nitrogens with zero attached hydrogens (tertiary/aromatic N) is 2. The molecule has 0 spiro atoms. The van der Waals surface area contributed by atoms with Crippen molar-refractivity contribution in [2.75, 3.05) is 0 Å². The van der Waals surface area contributed by atoms with Crippen LogP contribution in [0, 0.1) is 13.8 Å². The van der Waals surface area contributed by atoms with Crippen LogP contribution in [-0.4, -0.2) is 16.7 Å². The van der Waals surface area contributed by atoms with E-state index in [2.05, 4.69) is 69.8 Å². The topological polar surface area (TPSA) is 46.4 Å². The number of para-hydroxylation sites is 1. The lowest BCUT2D eigenvalue weighted by molar-refractivity contribution is -0.120. The van der Waals surface area contributed by atoms with Crippen molar-refractivity contribution in [1.82, 2.24) is 9.99 Å². The fourth-order valence-corrected chi connectivity index (χ4v) is 3.67. The zero-order valence-corrected chi connectivity index (χ0v) is 17.3. The molecule has 1 heterocycles. The Morgan fingerprint density at radius 1 is 1.00 bits per heavy atom. The van der Waals surface area contributed by atoms with Crippen LogP contribution >= 0.6 is 0 Å². The molecule has 0 aliphatic heterocycles. The highest BCUT2D eigenvalue weighted by Gasteiger charge is 2.08. The van der Waals surface area contributed by atoms with Crippen LogP contribution in [0.5, 0.6) is 0 Å². The normalized spacial score (nSPS) is 11.3. The number of benzene rings is 3. The number of carbonyl (C=O) groups excluding carboxylic acids is 1. The summed E-state index contributed by atoms with van der Waals surface area (Å²) in [5, 5.41) is 5.33. The molecule has 0 atom stereocenters. The van der Waals surface area contributed by atoms with E-state index in [9.17, 15) is 4.79 Å². The van der Waals surface area contributed by atoms with Gasteiger partial charge in [-0.3, -0.25) is 4.79 Å². The Bertz CT molecular complexity index is 1210. The Labute approximate surface area is 176 Å². The molecule has 0 aliphatic carbocycles.